The van der Waals surface area contributed by atoms with Gasteiger partial charge in [0, 0.05) is 36.3 Å². The Bertz CT molecular complexity index is 796. The van der Waals surface area contributed by atoms with E-state index in [0.717, 1.165) is 18.1 Å². The summed E-state index contributed by atoms with van der Waals surface area (Å²) in [6, 6.07) is 4.31. The molecule has 2 aliphatic carbocycles. The zero-order valence-corrected chi connectivity index (χ0v) is 48.3. The van der Waals surface area contributed by atoms with E-state index in [1.165, 1.54) is 168 Å². The van der Waals surface area contributed by atoms with Crippen LogP contribution in [0.1, 0.15) is 57.8 Å². The summed E-state index contributed by atoms with van der Waals surface area (Å²) in [6.45, 7) is 11.4. The standard InChI is InChI=1S/C27H57N3S6.C18H39N3S3/c1-31-19-7-13-28(14-8-20-32-2)25-26(29(15-9-21-33-3)16-10-22-34-4)27(25)30(17-11-23-35-5)18-12-24-36-6;1-19(10-7-13-22-4)16-17(20(2)11-8-14-23-5)18(16)21(3)12-9-15-24-6/h25-27H,7-24H2,1-6H3;16-18H,7-15H2,1-6H3. The topological polar surface area (TPSA) is 19.4 Å². The van der Waals surface area contributed by atoms with Crippen LogP contribution < -0.4 is 0 Å². The van der Waals surface area contributed by atoms with Crippen molar-refractivity contribution in [3.05, 3.63) is 0 Å². The highest BCUT2D eigenvalue weighted by Gasteiger charge is 2.58. The average molecular weight is 1010 g/mol. The molecule has 0 heterocycles. The Hall–Kier alpha value is 2.91. The Morgan fingerprint density at radius 1 is 0.233 bits per heavy atom. The first-order valence-electron chi connectivity index (χ1n) is 23.0. The molecule has 360 valence electrons. The molecule has 2 fully saturated rings. The Kier molecular flexibility index (Phi) is 41.6. The molecule has 0 radical (unpaired) electrons. The van der Waals surface area contributed by atoms with Crippen molar-refractivity contribution in [2.75, 3.05) is 188 Å². The molecule has 0 N–H and O–H groups in total. The van der Waals surface area contributed by atoms with Crippen LogP contribution in [0, 0.1) is 0 Å². The molecule has 15 heteroatoms. The van der Waals surface area contributed by atoms with Crippen LogP contribution in [0.3, 0.4) is 0 Å². The van der Waals surface area contributed by atoms with Crippen molar-refractivity contribution in [3.8, 4) is 0 Å². The van der Waals surface area contributed by atoms with E-state index in [1.807, 2.05) is 106 Å². The lowest BCUT2D eigenvalue weighted by Gasteiger charge is -2.27. The summed E-state index contributed by atoms with van der Waals surface area (Å²) in [6.07, 6.45) is 32.1. The van der Waals surface area contributed by atoms with Crippen molar-refractivity contribution < 1.29 is 0 Å². The van der Waals surface area contributed by atoms with Gasteiger partial charge in [-0.3, -0.25) is 14.7 Å². The summed E-state index contributed by atoms with van der Waals surface area (Å²) in [5, 5.41) is 0. The molecule has 6 nitrogen and oxygen atoms in total. The van der Waals surface area contributed by atoms with Gasteiger partial charge in [0.15, 0.2) is 0 Å². The van der Waals surface area contributed by atoms with Crippen molar-refractivity contribution in [2.24, 2.45) is 0 Å². The maximum Gasteiger partial charge on any atom is 0.0438 e. The third kappa shape index (κ3) is 25.9. The Balaban J connectivity index is 0.000000650. The highest BCUT2D eigenvalue weighted by Crippen LogP contribution is 2.40. The van der Waals surface area contributed by atoms with Crippen molar-refractivity contribution >= 4 is 106 Å². The first-order valence-corrected chi connectivity index (χ1v) is 35.6. The lowest BCUT2D eigenvalue weighted by atomic mass is 10.3. The second-order valence-corrected chi connectivity index (χ2v) is 25.5. The molecule has 0 spiro atoms. The van der Waals surface area contributed by atoms with Gasteiger partial charge in [0.05, 0.1) is 0 Å². The molecular weight excluding hydrogens is 913 g/mol. The van der Waals surface area contributed by atoms with Gasteiger partial charge in [-0.15, -0.1) is 0 Å². The first kappa shape index (κ1) is 60.9. The van der Waals surface area contributed by atoms with Crippen molar-refractivity contribution in [1.82, 2.24) is 29.4 Å². The molecule has 0 saturated heterocycles. The van der Waals surface area contributed by atoms with Gasteiger partial charge in [0.25, 0.3) is 0 Å². The van der Waals surface area contributed by atoms with E-state index in [9.17, 15) is 0 Å². The fraction of sp³-hybridized carbons (Fsp3) is 1.00. The van der Waals surface area contributed by atoms with Gasteiger partial charge in [-0.05, 0) is 246 Å². The fourth-order valence-electron chi connectivity index (χ4n) is 8.91. The Morgan fingerprint density at radius 3 is 0.533 bits per heavy atom. The van der Waals surface area contributed by atoms with Crippen LogP contribution in [0.15, 0.2) is 0 Å². The summed E-state index contributed by atoms with van der Waals surface area (Å²) >= 11 is 18.0. The van der Waals surface area contributed by atoms with Gasteiger partial charge >= 0.3 is 0 Å². The predicted octanol–water partition coefficient (Wildman–Crippen LogP) is 9.69. The van der Waals surface area contributed by atoms with Crippen molar-refractivity contribution in [2.45, 2.75) is 94.0 Å². The number of rotatable bonds is 42. The lowest BCUT2D eigenvalue weighted by molar-refractivity contribution is 0.200. The Labute approximate surface area is 413 Å². The normalized spacial score (nSPS) is 21.3. The minimum absolute atomic E-state index is 0.713. The quantitative estimate of drug-likeness (QED) is 0.0542. The van der Waals surface area contributed by atoms with Crippen molar-refractivity contribution in [1.29, 1.82) is 0 Å². The van der Waals surface area contributed by atoms with Gasteiger partial charge in [-0.2, -0.15) is 106 Å². The van der Waals surface area contributed by atoms with Crippen LogP contribution in [0.4, 0.5) is 0 Å². The van der Waals surface area contributed by atoms with E-state index in [2.05, 4.69) is 107 Å². The number of hydrogen-bond donors (Lipinski definition) is 0. The molecule has 2 rings (SSSR count). The maximum absolute atomic E-state index is 2.94. The molecular formula is C45H96N6S9. The van der Waals surface area contributed by atoms with Crippen molar-refractivity contribution in [3.63, 3.8) is 0 Å². The second kappa shape index (κ2) is 40.9. The number of thioether (sulfide) groups is 9. The number of nitrogens with zero attached hydrogens (tertiary/aromatic N) is 6. The van der Waals surface area contributed by atoms with Crippen LogP contribution in [0.5, 0.6) is 0 Å². The van der Waals surface area contributed by atoms with Crippen LogP contribution >= 0.6 is 106 Å². The predicted molar refractivity (Wildman–Crippen MR) is 302 cm³/mol. The van der Waals surface area contributed by atoms with Gasteiger partial charge in [-0.1, -0.05) is 0 Å². The summed E-state index contributed by atoms with van der Waals surface area (Å²) in [7, 11) is 7.01. The van der Waals surface area contributed by atoms with Crippen LogP contribution in [0.25, 0.3) is 0 Å². The van der Waals surface area contributed by atoms with E-state index < -0.39 is 0 Å². The third-order valence-electron chi connectivity index (χ3n) is 12.0. The van der Waals surface area contributed by atoms with Crippen LogP contribution in [-0.4, -0.2) is 254 Å². The molecule has 0 atom stereocenters. The van der Waals surface area contributed by atoms with Crippen LogP contribution in [-0.2, 0) is 0 Å². The first-order chi connectivity index (χ1) is 29.3. The molecule has 0 bridgehead atoms. The zero-order chi connectivity index (χ0) is 44.4. The summed E-state index contributed by atoms with van der Waals surface area (Å²) < 4.78 is 0. The summed E-state index contributed by atoms with van der Waals surface area (Å²) in [5.41, 5.74) is 0. The third-order valence-corrected chi connectivity index (χ3v) is 18.2. The monoisotopic (exact) mass is 1010 g/mol. The average Bonchev–Trinajstić information content (AvgIpc) is 4.17. The van der Waals surface area contributed by atoms with Gasteiger partial charge in [0.2, 0.25) is 0 Å². The van der Waals surface area contributed by atoms with E-state index in [0.29, 0.717) is 18.1 Å². The van der Waals surface area contributed by atoms with E-state index in [-0.39, 0.29) is 0 Å². The minimum atomic E-state index is 0.713. The Morgan fingerprint density at radius 2 is 0.383 bits per heavy atom. The molecule has 60 heavy (non-hydrogen) atoms. The molecule has 0 unspecified atom stereocenters. The van der Waals surface area contributed by atoms with Gasteiger partial charge in [-0.25, -0.2) is 0 Å². The lowest BCUT2D eigenvalue weighted by Crippen LogP contribution is -2.37. The van der Waals surface area contributed by atoms with Crippen LogP contribution in [0.2, 0.25) is 0 Å². The summed E-state index contributed by atoms with van der Waals surface area (Å²) in [5.74, 6) is 11.6. The SMILES string of the molecule is CSCCCN(C)C1C(N(C)CCCSC)C1N(C)CCCSC.CSCCCN(CCCSC)C1C(N(CCCSC)CCCSC)C1N(CCCSC)CCCSC. The molecule has 0 aliphatic heterocycles. The second-order valence-electron chi connectivity index (χ2n) is 16.6. The van der Waals surface area contributed by atoms with Gasteiger partial charge < -0.3 is 14.7 Å². The largest absolute Gasteiger partial charge is 0.300 e. The smallest absolute Gasteiger partial charge is 0.0438 e. The minimum Gasteiger partial charge on any atom is -0.300 e. The molecule has 2 saturated carbocycles. The zero-order valence-electron chi connectivity index (χ0n) is 40.9. The van der Waals surface area contributed by atoms with E-state index in [4.69, 9.17) is 0 Å². The molecule has 0 aromatic heterocycles. The summed E-state index contributed by atoms with van der Waals surface area (Å²) in [4.78, 5) is 16.7. The number of likely N-dealkylation sites (N-methyl/N-ethyl adjacent to an activating group) is 3. The fourth-order valence-corrected chi connectivity index (χ4v) is 12.7. The van der Waals surface area contributed by atoms with Gasteiger partial charge in [0.1, 0.15) is 0 Å². The molecule has 2 aliphatic rings. The molecule has 0 aromatic rings. The maximum atomic E-state index is 2.94. The molecule has 0 aromatic carbocycles. The highest BCUT2D eigenvalue weighted by molar-refractivity contribution is 8.00. The number of hydrogen-bond acceptors (Lipinski definition) is 15. The highest BCUT2D eigenvalue weighted by atomic mass is 32.2. The van der Waals surface area contributed by atoms with E-state index >= 15 is 0 Å². The molecule has 0 amide bonds. The van der Waals surface area contributed by atoms with E-state index in [1.54, 1.807) is 0 Å².